The molecule has 0 amide bonds. The van der Waals surface area contributed by atoms with Crippen LogP contribution in [0, 0.1) is 0 Å². The topological polar surface area (TPSA) is 29.9 Å². The molecule has 1 rings (SSSR count). The molecule has 0 aliphatic heterocycles. The Morgan fingerprint density at radius 1 is 1.50 bits per heavy atom. The van der Waals surface area contributed by atoms with E-state index >= 15 is 0 Å². The molecule has 92 valence electrons. The minimum atomic E-state index is -4.11. The standard InChI is InChI=1S/C10H16F3N3/c1-3-16-7-14-5-9(16)6-15-8(2)4-10(11,12)13/h5,7-8,15H,3-4,6H2,1-2H3. The van der Waals surface area contributed by atoms with E-state index in [4.69, 9.17) is 0 Å². The van der Waals surface area contributed by atoms with Crippen LogP contribution in [0.2, 0.25) is 0 Å². The van der Waals surface area contributed by atoms with Crippen molar-refractivity contribution in [2.45, 2.75) is 45.6 Å². The van der Waals surface area contributed by atoms with Crippen molar-refractivity contribution in [2.24, 2.45) is 0 Å². The molecule has 1 heterocycles. The predicted molar refractivity (Wildman–Crippen MR) is 54.9 cm³/mol. The van der Waals surface area contributed by atoms with E-state index in [-0.39, 0.29) is 0 Å². The second kappa shape index (κ2) is 5.34. The van der Waals surface area contributed by atoms with E-state index in [1.807, 2.05) is 11.5 Å². The van der Waals surface area contributed by atoms with Gasteiger partial charge in [-0.05, 0) is 13.8 Å². The molecule has 0 fully saturated rings. The molecule has 6 heteroatoms. The third-order valence-corrected chi connectivity index (χ3v) is 2.31. The van der Waals surface area contributed by atoms with Crippen molar-refractivity contribution >= 4 is 0 Å². The molecule has 1 N–H and O–H groups in total. The van der Waals surface area contributed by atoms with Gasteiger partial charge in [0.25, 0.3) is 0 Å². The minimum Gasteiger partial charge on any atom is -0.334 e. The summed E-state index contributed by atoms with van der Waals surface area (Å²) in [5.74, 6) is 0. The molecule has 0 saturated carbocycles. The van der Waals surface area contributed by atoms with Crippen LogP contribution in [-0.2, 0) is 13.1 Å². The van der Waals surface area contributed by atoms with Gasteiger partial charge in [-0.15, -0.1) is 0 Å². The maximum absolute atomic E-state index is 12.1. The monoisotopic (exact) mass is 235 g/mol. The lowest BCUT2D eigenvalue weighted by Gasteiger charge is -2.16. The number of hydrogen-bond acceptors (Lipinski definition) is 2. The number of hydrogen-bond donors (Lipinski definition) is 1. The smallest absolute Gasteiger partial charge is 0.334 e. The van der Waals surface area contributed by atoms with Crippen molar-refractivity contribution in [3.8, 4) is 0 Å². The molecule has 1 aromatic rings. The van der Waals surface area contributed by atoms with Crippen LogP contribution in [0.15, 0.2) is 12.5 Å². The molecule has 16 heavy (non-hydrogen) atoms. The van der Waals surface area contributed by atoms with Gasteiger partial charge in [-0.3, -0.25) is 0 Å². The van der Waals surface area contributed by atoms with Gasteiger partial charge >= 0.3 is 6.18 Å². The largest absolute Gasteiger partial charge is 0.390 e. The van der Waals surface area contributed by atoms with Gasteiger partial charge in [-0.25, -0.2) is 4.98 Å². The quantitative estimate of drug-likeness (QED) is 0.848. The number of imidazole rings is 1. The minimum absolute atomic E-state index is 0.408. The first-order valence-electron chi connectivity index (χ1n) is 5.21. The molecule has 0 spiro atoms. The van der Waals surface area contributed by atoms with Crippen LogP contribution >= 0.6 is 0 Å². The molecule has 1 atom stereocenters. The van der Waals surface area contributed by atoms with Crippen LogP contribution in [0.1, 0.15) is 26.0 Å². The molecule has 1 unspecified atom stereocenters. The molecule has 0 radical (unpaired) electrons. The first-order chi connectivity index (χ1) is 7.42. The fourth-order valence-electron chi connectivity index (χ4n) is 1.48. The van der Waals surface area contributed by atoms with Crippen LogP contribution in [0.5, 0.6) is 0 Å². The molecule has 0 bridgehead atoms. The predicted octanol–water partition coefficient (Wildman–Crippen LogP) is 2.33. The van der Waals surface area contributed by atoms with E-state index in [0.717, 1.165) is 12.2 Å². The van der Waals surface area contributed by atoms with E-state index in [1.165, 1.54) is 6.92 Å². The van der Waals surface area contributed by atoms with Gasteiger partial charge in [0.1, 0.15) is 0 Å². The van der Waals surface area contributed by atoms with Crippen LogP contribution in [0.25, 0.3) is 0 Å². The fourth-order valence-corrected chi connectivity index (χ4v) is 1.48. The van der Waals surface area contributed by atoms with E-state index in [9.17, 15) is 13.2 Å². The molecular formula is C10H16F3N3. The Kier molecular flexibility index (Phi) is 4.35. The summed E-state index contributed by atoms with van der Waals surface area (Å²) in [7, 11) is 0. The lowest BCUT2D eigenvalue weighted by molar-refractivity contribution is -0.139. The summed E-state index contributed by atoms with van der Waals surface area (Å²) < 4.78 is 38.1. The first-order valence-corrected chi connectivity index (χ1v) is 5.21. The highest BCUT2D eigenvalue weighted by molar-refractivity contribution is 4.97. The summed E-state index contributed by atoms with van der Waals surface area (Å²) in [6.45, 7) is 4.67. The van der Waals surface area contributed by atoms with E-state index < -0.39 is 18.6 Å². The number of nitrogens with zero attached hydrogens (tertiary/aromatic N) is 2. The summed E-state index contributed by atoms with van der Waals surface area (Å²) in [6.07, 6.45) is -1.59. The van der Waals surface area contributed by atoms with Crippen molar-refractivity contribution in [3.05, 3.63) is 18.2 Å². The van der Waals surface area contributed by atoms with Crippen LogP contribution in [-0.4, -0.2) is 21.8 Å². The third-order valence-electron chi connectivity index (χ3n) is 2.31. The third kappa shape index (κ3) is 4.22. The van der Waals surface area contributed by atoms with Crippen molar-refractivity contribution < 1.29 is 13.2 Å². The Morgan fingerprint density at radius 3 is 2.75 bits per heavy atom. The van der Waals surface area contributed by atoms with E-state index in [0.29, 0.717) is 6.54 Å². The first kappa shape index (κ1) is 13.0. The molecule has 0 aromatic carbocycles. The zero-order valence-corrected chi connectivity index (χ0v) is 9.38. The summed E-state index contributed by atoms with van der Waals surface area (Å²) >= 11 is 0. The summed E-state index contributed by atoms with van der Waals surface area (Å²) in [4.78, 5) is 3.95. The summed E-state index contributed by atoms with van der Waals surface area (Å²) in [5, 5.41) is 2.84. The average molecular weight is 235 g/mol. The van der Waals surface area contributed by atoms with Gasteiger partial charge in [0.05, 0.1) is 18.4 Å². The Balaban J connectivity index is 2.40. The van der Waals surface area contributed by atoms with Crippen molar-refractivity contribution in [2.75, 3.05) is 0 Å². The Labute approximate surface area is 92.7 Å². The maximum Gasteiger partial charge on any atom is 0.390 e. The normalized spacial score (nSPS) is 14.1. The highest BCUT2D eigenvalue weighted by Crippen LogP contribution is 2.21. The maximum atomic E-state index is 12.1. The van der Waals surface area contributed by atoms with Crippen LogP contribution in [0.3, 0.4) is 0 Å². The molecular weight excluding hydrogens is 219 g/mol. The van der Waals surface area contributed by atoms with E-state index in [1.54, 1.807) is 12.5 Å². The Bertz CT molecular complexity index is 319. The average Bonchev–Trinajstić information content (AvgIpc) is 2.59. The SMILES string of the molecule is CCn1cncc1CNC(C)CC(F)(F)F. The van der Waals surface area contributed by atoms with Crippen LogP contribution in [0.4, 0.5) is 13.2 Å². The van der Waals surface area contributed by atoms with Gasteiger partial charge in [0.2, 0.25) is 0 Å². The molecule has 3 nitrogen and oxygen atoms in total. The number of nitrogens with one attached hydrogen (secondary N) is 1. The van der Waals surface area contributed by atoms with Gasteiger partial charge in [0.15, 0.2) is 0 Å². The molecule has 0 aliphatic rings. The van der Waals surface area contributed by atoms with Gasteiger partial charge in [-0.2, -0.15) is 13.2 Å². The van der Waals surface area contributed by atoms with Gasteiger partial charge in [-0.1, -0.05) is 0 Å². The molecule has 0 saturated heterocycles. The molecule has 0 aliphatic carbocycles. The number of halogens is 3. The highest BCUT2D eigenvalue weighted by atomic mass is 19.4. The van der Waals surface area contributed by atoms with Crippen molar-refractivity contribution in [3.63, 3.8) is 0 Å². The number of alkyl halides is 3. The summed E-state index contributed by atoms with van der Waals surface area (Å²) in [6, 6.07) is -0.583. The molecule has 1 aromatic heterocycles. The Hall–Kier alpha value is -1.04. The zero-order chi connectivity index (χ0) is 12.2. The van der Waals surface area contributed by atoms with Crippen LogP contribution < -0.4 is 5.32 Å². The number of aromatic nitrogens is 2. The highest BCUT2D eigenvalue weighted by Gasteiger charge is 2.29. The van der Waals surface area contributed by atoms with Gasteiger partial charge < -0.3 is 9.88 Å². The van der Waals surface area contributed by atoms with E-state index in [2.05, 4.69) is 10.3 Å². The van der Waals surface area contributed by atoms with Gasteiger partial charge in [0, 0.05) is 25.3 Å². The number of rotatable bonds is 5. The van der Waals surface area contributed by atoms with Crippen molar-refractivity contribution in [1.82, 2.24) is 14.9 Å². The second-order valence-corrected chi connectivity index (χ2v) is 3.77. The fraction of sp³-hybridized carbons (Fsp3) is 0.700. The zero-order valence-electron chi connectivity index (χ0n) is 9.38. The lowest BCUT2D eigenvalue weighted by Crippen LogP contribution is -2.31. The van der Waals surface area contributed by atoms with Crippen molar-refractivity contribution in [1.29, 1.82) is 0 Å². The number of aryl methyl sites for hydroxylation is 1. The Morgan fingerprint density at radius 2 is 2.19 bits per heavy atom. The summed E-state index contributed by atoms with van der Waals surface area (Å²) in [5.41, 5.74) is 0.900. The second-order valence-electron chi connectivity index (χ2n) is 3.77. The lowest BCUT2D eigenvalue weighted by atomic mass is 10.2.